The van der Waals surface area contributed by atoms with Gasteiger partial charge in [0.15, 0.2) is 5.82 Å². The molecule has 1 fully saturated rings. The van der Waals surface area contributed by atoms with E-state index < -0.39 is 0 Å². The Morgan fingerprint density at radius 2 is 2.11 bits per heavy atom. The molecule has 8 heteroatoms. The van der Waals surface area contributed by atoms with Crippen molar-refractivity contribution in [3.05, 3.63) is 59.9 Å². The van der Waals surface area contributed by atoms with Crippen molar-refractivity contribution in [3.8, 4) is 5.75 Å². The van der Waals surface area contributed by atoms with E-state index in [0.29, 0.717) is 25.2 Å². The highest BCUT2D eigenvalue weighted by Crippen LogP contribution is 2.28. The van der Waals surface area contributed by atoms with Crippen LogP contribution in [0.1, 0.15) is 40.8 Å². The van der Waals surface area contributed by atoms with E-state index in [2.05, 4.69) is 15.3 Å². The van der Waals surface area contributed by atoms with Crippen LogP contribution in [0.5, 0.6) is 5.75 Å². The Bertz CT molecular complexity index is 934. The lowest BCUT2D eigenvalue weighted by Gasteiger charge is -2.32. The first-order valence-corrected chi connectivity index (χ1v) is 9.06. The van der Waals surface area contributed by atoms with E-state index in [1.807, 2.05) is 28.6 Å². The maximum atomic E-state index is 12.8. The highest BCUT2D eigenvalue weighted by Gasteiger charge is 2.29. The molecular formula is C19H22N6O2. The fourth-order valence-electron chi connectivity index (χ4n) is 3.60. The predicted molar refractivity (Wildman–Crippen MR) is 98.3 cm³/mol. The number of phenols is 1. The van der Waals surface area contributed by atoms with Gasteiger partial charge in [0.2, 0.25) is 0 Å². The topological polar surface area (TPSA) is 89.1 Å². The summed E-state index contributed by atoms with van der Waals surface area (Å²) in [5.74, 6) is 1.71. The third kappa shape index (κ3) is 3.42. The maximum Gasteiger partial charge on any atom is 0.257 e. The molecule has 3 heterocycles. The lowest BCUT2D eigenvalue weighted by Crippen LogP contribution is -2.39. The Labute approximate surface area is 157 Å². The van der Waals surface area contributed by atoms with Gasteiger partial charge in [0.25, 0.3) is 5.91 Å². The normalized spacial score (nSPS) is 17.2. The number of rotatable bonds is 4. The summed E-state index contributed by atoms with van der Waals surface area (Å²) < 4.78 is 3.81. The SMILES string of the molecule is Cn1c(Cn2cccn2)nnc1[C@H]1CCCN(C(=O)c2ccccc2O)C1. The third-order valence-corrected chi connectivity index (χ3v) is 5.07. The number of aromatic nitrogens is 5. The summed E-state index contributed by atoms with van der Waals surface area (Å²) in [5, 5.41) is 22.9. The molecular weight excluding hydrogens is 344 g/mol. The Hall–Kier alpha value is -3.16. The molecule has 2 aromatic heterocycles. The molecule has 1 saturated heterocycles. The first kappa shape index (κ1) is 17.3. The van der Waals surface area contributed by atoms with Crippen molar-refractivity contribution in [1.82, 2.24) is 29.4 Å². The zero-order valence-corrected chi connectivity index (χ0v) is 15.2. The number of piperidine rings is 1. The molecule has 1 aliphatic heterocycles. The van der Waals surface area contributed by atoms with E-state index in [0.717, 1.165) is 24.5 Å². The summed E-state index contributed by atoms with van der Waals surface area (Å²) >= 11 is 0. The number of aromatic hydroxyl groups is 1. The standard InChI is InChI=1S/C19H22N6O2/c1-23-17(13-25-11-5-9-20-25)21-22-18(23)14-6-4-10-24(12-14)19(27)15-7-2-3-8-16(15)26/h2-3,5,7-9,11,14,26H,4,6,10,12-13H2,1H3/t14-/m0/s1. The number of carbonyl (C=O) groups excluding carboxylic acids is 1. The summed E-state index contributed by atoms with van der Waals surface area (Å²) in [5.41, 5.74) is 0.343. The molecule has 1 atom stereocenters. The minimum absolute atomic E-state index is 0.0183. The third-order valence-electron chi connectivity index (χ3n) is 5.07. The molecule has 3 aromatic rings. The van der Waals surface area contributed by atoms with E-state index in [1.54, 1.807) is 35.4 Å². The van der Waals surface area contributed by atoms with Crippen molar-refractivity contribution in [2.45, 2.75) is 25.3 Å². The van der Waals surface area contributed by atoms with Crippen molar-refractivity contribution >= 4 is 5.91 Å². The van der Waals surface area contributed by atoms with Gasteiger partial charge < -0.3 is 14.6 Å². The van der Waals surface area contributed by atoms with Crippen LogP contribution in [0.3, 0.4) is 0 Å². The second-order valence-electron chi connectivity index (χ2n) is 6.84. The van der Waals surface area contributed by atoms with Crippen molar-refractivity contribution in [1.29, 1.82) is 0 Å². The number of amides is 1. The molecule has 0 spiro atoms. The second kappa shape index (κ2) is 7.22. The fourth-order valence-corrected chi connectivity index (χ4v) is 3.60. The Morgan fingerprint density at radius 3 is 2.89 bits per heavy atom. The lowest BCUT2D eigenvalue weighted by atomic mass is 9.96. The predicted octanol–water partition coefficient (Wildman–Crippen LogP) is 1.79. The van der Waals surface area contributed by atoms with E-state index in [4.69, 9.17) is 0 Å². The largest absolute Gasteiger partial charge is 0.507 e. The average Bonchev–Trinajstić information content (AvgIpc) is 3.32. The molecule has 0 saturated carbocycles. The summed E-state index contributed by atoms with van der Waals surface area (Å²) in [6.07, 6.45) is 5.48. The molecule has 1 aliphatic rings. The van der Waals surface area contributed by atoms with Gasteiger partial charge in [0, 0.05) is 38.4 Å². The van der Waals surface area contributed by atoms with Crippen LogP contribution in [0.15, 0.2) is 42.7 Å². The molecule has 27 heavy (non-hydrogen) atoms. The van der Waals surface area contributed by atoms with E-state index >= 15 is 0 Å². The summed E-state index contributed by atoms with van der Waals surface area (Å²) in [7, 11) is 1.96. The van der Waals surface area contributed by atoms with Crippen LogP contribution in [0.25, 0.3) is 0 Å². The minimum atomic E-state index is -0.142. The van der Waals surface area contributed by atoms with Crippen LogP contribution in [0, 0.1) is 0 Å². The van der Waals surface area contributed by atoms with Gasteiger partial charge in [0.1, 0.15) is 18.1 Å². The van der Waals surface area contributed by atoms with E-state index in [9.17, 15) is 9.90 Å². The smallest absolute Gasteiger partial charge is 0.257 e. The number of benzene rings is 1. The number of phenolic OH excluding ortho intramolecular Hbond substituents is 1. The molecule has 140 valence electrons. The zero-order valence-electron chi connectivity index (χ0n) is 15.2. The van der Waals surface area contributed by atoms with Crippen LogP contribution in [0.4, 0.5) is 0 Å². The van der Waals surface area contributed by atoms with Gasteiger partial charge in [-0.15, -0.1) is 10.2 Å². The molecule has 8 nitrogen and oxygen atoms in total. The van der Waals surface area contributed by atoms with E-state index in [1.165, 1.54) is 0 Å². The molecule has 0 bridgehead atoms. The van der Waals surface area contributed by atoms with Gasteiger partial charge in [-0.3, -0.25) is 9.48 Å². The number of hydrogen-bond acceptors (Lipinski definition) is 5. The molecule has 1 N–H and O–H groups in total. The second-order valence-corrected chi connectivity index (χ2v) is 6.84. The number of carbonyl (C=O) groups is 1. The summed E-state index contributed by atoms with van der Waals surface area (Å²) in [4.78, 5) is 14.6. The van der Waals surface area contributed by atoms with Crippen LogP contribution in [0.2, 0.25) is 0 Å². The maximum absolute atomic E-state index is 12.8. The Balaban J connectivity index is 1.51. The van der Waals surface area contributed by atoms with Crippen molar-refractivity contribution in [2.24, 2.45) is 7.05 Å². The molecule has 0 aliphatic carbocycles. The molecule has 1 aromatic carbocycles. The summed E-state index contributed by atoms with van der Waals surface area (Å²) in [6, 6.07) is 8.55. The zero-order chi connectivity index (χ0) is 18.8. The first-order chi connectivity index (χ1) is 13.1. The number of para-hydroxylation sites is 1. The van der Waals surface area contributed by atoms with E-state index in [-0.39, 0.29) is 17.6 Å². The highest BCUT2D eigenvalue weighted by atomic mass is 16.3. The van der Waals surface area contributed by atoms with Crippen LogP contribution in [-0.4, -0.2) is 53.5 Å². The van der Waals surface area contributed by atoms with Crippen molar-refractivity contribution in [2.75, 3.05) is 13.1 Å². The van der Waals surface area contributed by atoms with Gasteiger partial charge in [0.05, 0.1) is 5.56 Å². The van der Waals surface area contributed by atoms with Gasteiger partial charge in [-0.05, 0) is 31.0 Å². The molecule has 1 amide bonds. The van der Waals surface area contributed by atoms with Crippen LogP contribution in [-0.2, 0) is 13.6 Å². The van der Waals surface area contributed by atoms with Gasteiger partial charge in [-0.1, -0.05) is 12.1 Å². The lowest BCUT2D eigenvalue weighted by molar-refractivity contribution is 0.0700. The van der Waals surface area contributed by atoms with Crippen molar-refractivity contribution < 1.29 is 9.90 Å². The van der Waals surface area contributed by atoms with Gasteiger partial charge >= 0.3 is 0 Å². The average molecular weight is 366 g/mol. The Morgan fingerprint density at radius 1 is 1.26 bits per heavy atom. The van der Waals surface area contributed by atoms with Crippen molar-refractivity contribution in [3.63, 3.8) is 0 Å². The number of nitrogens with zero attached hydrogens (tertiary/aromatic N) is 6. The molecule has 0 unspecified atom stereocenters. The fraction of sp³-hybridized carbons (Fsp3) is 0.368. The van der Waals surface area contributed by atoms with Gasteiger partial charge in [-0.25, -0.2) is 0 Å². The number of likely N-dealkylation sites (tertiary alicyclic amines) is 1. The van der Waals surface area contributed by atoms with Crippen LogP contribution < -0.4 is 0 Å². The summed E-state index contributed by atoms with van der Waals surface area (Å²) in [6.45, 7) is 1.81. The molecule has 0 radical (unpaired) electrons. The Kier molecular flexibility index (Phi) is 4.62. The quantitative estimate of drug-likeness (QED) is 0.760. The first-order valence-electron chi connectivity index (χ1n) is 9.06. The minimum Gasteiger partial charge on any atom is -0.507 e. The van der Waals surface area contributed by atoms with Gasteiger partial charge in [-0.2, -0.15) is 5.10 Å². The molecule has 4 rings (SSSR count). The van der Waals surface area contributed by atoms with Crippen LogP contribution >= 0.6 is 0 Å². The monoisotopic (exact) mass is 366 g/mol. The number of hydrogen-bond donors (Lipinski definition) is 1. The highest BCUT2D eigenvalue weighted by molar-refractivity contribution is 5.96.